The van der Waals surface area contributed by atoms with Gasteiger partial charge < -0.3 is 9.88 Å². The Labute approximate surface area is 101 Å². The van der Waals surface area contributed by atoms with Crippen molar-refractivity contribution in [3.8, 4) is 0 Å². The topological polar surface area (TPSA) is 72.7 Å². The van der Waals surface area contributed by atoms with Gasteiger partial charge in [-0.3, -0.25) is 4.79 Å². The minimum atomic E-state index is -0.162. The van der Waals surface area contributed by atoms with E-state index >= 15 is 0 Å². The first-order valence-corrected chi connectivity index (χ1v) is 5.12. The smallest absolute Gasteiger partial charge is 0.239 e. The number of nitrogens with zero attached hydrogens (tertiary/aromatic N) is 4. The number of imidazole rings is 1. The zero-order valence-corrected chi connectivity index (χ0v) is 9.75. The van der Waals surface area contributed by atoms with Crippen LogP contribution < -0.4 is 5.32 Å². The van der Waals surface area contributed by atoms with E-state index in [1.807, 2.05) is 0 Å². The van der Waals surface area contributed by atoms with Crippen LogP contribution in [-0.4, -0.2) is 32.5 Å². The number of hydrogen-bond donors (Lipinski definition) is 1. The standard InChI is InChI=1S/C8H7Cl2N5O/c1-11-4(16)2-15-3-12-5-6(9)13-8(10)14-7(5)15/h3H,2H2,1H3,(H,11,16). The van der Waals surface area contributed by atoms with Crippen molar-refractivity contribution in [2.75, 3.05) is 7.05 Å². The maximum absolute atomic E-state index is 11.2. The van der Waals surface area contributed by atoms with Crippen LogP contribution in [0.4, 0.5) is 0 Å². The predicted octanol–water partition coefficient (Wildman–Crippen LogP) is 0.879. The normalized spacial score (nSPS) is 10.7. The van der Waals surface area contributed by atoms with Crippen LogP contribution in [0, 0.1) is 0 Å². The van der Waals surface area contributed by atoms with Crippen LogP contribution >= 0.6 is 23.2 Å². The molecule has 0 aliphatic carbocycles. The lowest BCUT2D eigenvalue weighted by atomic mass is 10.5. The highest BCUT2D eigenvalue weighted by atomic mass is 35.5. The summed E-state index contributed by atoms with van der Waals surface area (Å²) in [5, 5.41) is 2.70. The molecule has 0 radical (unpaired) electrons. The van der Waals surface area contributed by atoms with E-state index in [1.54, 1.807) is 11.6 Å². The molecule has 2 aromatic rings. The van der Waals surface area contributed by atoms with E-state index in [9.17, 15) is 4.79 Å². The first kappa shape index (κ1) is 11.1. The Morgan fingerprint density at radius 2 is 2.25 bits per heavy atom. The Hall–Kier alpha value is -1.40. The van der Waals surface area contributed by atoms with Crippen molar-refractivity contribution in [2.45, 2.75) is 6.54 Å². The summed E-state index contributed by atoms with van der Waals surface area (Å²) >= 11 is 11.5. The third kappa shape index (κ3) is 1.94. The fourth-order valence-corrected chi connectivity index (χ4v) is 1.66. The predicted molar refractivity (Wildman–Crippen MR) is 59.4 cm³/mol. The molecule has 1 amide bonds. The summed E-state index contributed by atoms with van der Waals surface area (Å²) < 4.78 is 1.55. The van der Waals surface area contributed by atoms with Gasteiger partial charge in [0, 0.05) is 7.05 Å². The Kier molecular flexibility index (Phi) is 2.93. The lowest BCUT2D eigenvalue weighted by Crippen LogP contribution is -2.23. The summed E-state index contributed by atoms with van der Waals surface area (Å²) in [5.41, 5.74) is 0.864. The fourth-order valence-electron chi connectivity index (χ4n) is 1.23. The Morgan fingerprint density at radius 1 is 1.50 bits per heavy atom. The Bertz CT molecular complexity index is 553. The third-order valence-electron chi connectivity index (χ3n) is 1.99. The summed E-state index contributed by atoms with van der Waals surface area (Å²) in [6.45, 7) is 0.108. The summed E-state index contributed by atoms with van der Waals surface area (Å²) in [7, 11) is 1.55. The van der Waals surface area contributed by atoms with Gasteiger partial charge >= 0.3 is 0 Å². The van der Waals surface area contributed by atoms with Crippen LogP contribution in [0.15, 0.2) is 6.33 Å². The van der Waals surface area contributed by atoms with Gasteiger partial charge in [0.2, 0.25) is 11.2 Å². The highest BCUT2D eigenvalue weighted by molar-refractivity contribution is 6.35. The molecular weight excluding hydrogens is 253 g/mol. The number of carbonyl (C=O) groups excluding carboxylic acids is 1. The molecule has 0 bridgehead atoms. The number of amides is 1. The van der Waals surface area contributed by atoms with Gasteiger partial charge in [-0.1, -0.05) is 11.6 Å². The number of aromatic nitrogens is 4. The van der Waals surface area contributed by atoms with E-state index in [4.69, 9.17) is 23.2 Å². The molecule has 16 heavy (non-hydrogen) atoms. The summed E-state index contributed by atoms with van der Waals surface area (Å²) in [5.74, 6) is -0.162. The number of fused-ring (bicyclic) bond motifs is 1. The van der Waals surface area contributed by atoms with Crippen molar-refractivity contribution in [3.05, 3.63) is 16.8 Å². The number of likely N-dealkylation sites (N-methyl/N-ethyl adjacent to an activating group) is 1. The first-order chi connectivity index (χ1) is 7.61. The van der Waals surface area contributed by atoms with E-state index in [2.05, 4.69) is 20.3 Å². The lowest BCUT2D eigenvalue weighted by molar-refractivity contribution is -0.121. The van der Waals surface area contributed by atoms with Gasteiger partial charge in [-0.2, -0.15) is 4.98 Å². The van der Waals surface area contributed by atoms with E-state index in [-0.39, 0.29) is 22.9 Å². The zero-order chi connectivity index (χ0) is 11.7. The highest BCUT2D eigenvalue weighted by Gasteiger charge is 2.12. The Morgan fingerprint density at radius 3 is 2.94 bits per heavy atom. The van der Waals surface area contributed by atoms with Crippen molar-refractivity contribution >= 4 is 40.3 Å². The molecule has 0 aliphatic heterocycles. The molecule has 0 fully saturated rings. The number of nitrogens with one attached hydrogen (secondary N) is 1. The van der Waals surface area contributed by atoms with Crippen LogP contribution in [0.3, 0.4) is 0 Å². The van der Waals surface area contributed by atoms with Crippen molar-refractivity contribution in [1.29, 1.82) is 0 Å². The molecule has 0 unspecified atom stereocenters. The summed E-state index contributed by atoms with van der Waals surface area (Å²) in [4.78, 5) is 23.0. The molecule has 2 heterocycles. The van der Waals surface area contributed by atoms with Gasteiger partial charge in [0.15, 0.2) is 10.8 Å². The fraction of sp³-hybridized carbons (Fsp3) is 0.250. The molecule has 2 rings (SSSR count). The SMILES string of the molecule is CNC(=O)Cn1cnc2c(Cl)nc(Cl)nc21. The van der Waals surface area contributed by atoms with Crippen LogP contribution in [0.1, 0.15) is 0 Å². The molecule has 0 atom stereocenters. The quantitative estimate of drug-likeness (QED) is 0.642. The summed E-state index contributed by atoms with van der Waals surface area (Å²) in [6, 6.07) is 0. The molecule has 0 saturated heterocycles. The van der Waals surface area contributed by atoms with Gasteiger partial charge in [-0.25, -0.2) is 9.97 Å². The van der Waals surface area contributed by atoms with Crippen molar-refractivity contribution in [3.63, 3.8) is 0 Å². The highest BCUT2D eigenvalue weighted by Crippen LogP contribution is 2.20. The van der Waals surface area contributed by atoms with E-state index in [0.717, 1.165) is 0 Å². The van der Waals surface area contributed by atoms with Crippen molar-refractivity contribution < 1.29 is 4.79 Å². The van der Waals surface area contributed by atoms with E-state index in [0.29, 0.717) is 11.2 Å². The molecule has 1 N–H and O–H groups in total. The van der Waals surface area contributed by atoms with Gasteiger partial charge in [0.1, 0.15) is 12.1 Å². The maximum Gasteiger partial charge on any atom is 0.239 e. The maximum atomic E-state index is 11.2. The monoisotopic (exact) mass is 259 g/mol. The van der Waals surface area contributed by atoms with Gasteiger partial charge in [0.25, 0.3) is 0 Å². The minimum Gasteiger partial charge on any atom is -0.358 e. The average Bonchev–Trinajstić information content (AvgIpc) is 2.61. The molecule has 0 aromatic carbocycles. The van der Waals surface area contributed by atoms with Gasteiger partial charge in [-0.15, -0.1) is 0 Å². The Balaban J connectivity index is 2.51. The summed E-state index contributed by atoms with van der Waals surface area (Å²) in [6.07, 6.45) is 1.47. The second-order valence-electron chi connectivity index (χ2n) is 3.00. The van der Waals surface area contributed by atoms with E-state index < -0.39 is 0 Å². The molecule has 0 aliphatic rings. The lowest BCUT2D eigenvalue weighted by Gasteiger charge is -2.02. The molecule has 84 valence electrons. The average molecular weight is 260 g/mol. The van der Waals surface area contributed by atoms with Gasteiger partial charge in [-0.05, 0) is 11.6 Å². The molecule has 6 nitrogen and oxygen atoms in total. The largest absolute Gasteiger partial charge is 0.358 e. The van der Waals surface area contributed by atoms with Crippen molar-refractivity contribution in [1.82, 2.24) is 24.8 Å². The number of halogens is 2. The third-order valence-corrected chi connectivity index (χ3v) is 2.42. The van der Waals surface area contributed by atoms with E-state index in [1.165, 1.54) is 6.33 Å². The van der Waals surface area contributed by atoms with Crippen LogP contribution in [0.2, 0.25) is 10.4 Å². The first-order valence-electron chi connectivity index (χ1n) is 4.36. The molecule has 0 spiro atoms. The van der Waals surface area contributed by atoms with Crippen LogP contribution in [-0.2, 0) is 11.3 Å². The zero-order valence-electron chi connectivity index (χ0n) is 8.24. The van der Waals surface area contributed by atoms with Gasteiger partial charge in [0.05, 0.1) is 6.33 Å². The second kappa shape index (κ2) is 4.23. The number of hydrogen-bond acceptors (Lipinski definition) is 4. The minimum absolute atomic E-state index is 0.0242. The molecule has 0 saturated carbocycles. The number of carbonyl (C=O) groups is 1. The number of rotatable bonds is 2. The van der Waals surface area contributed by atoms with Crippen molar-refractivity contribution in [2.24, 2.45) is 0 Å². The van der Waals surface area contributed by atoms with Crippen LogP contribution in [0.5, 0.6) is 0 Å². The molecular formula is C8H7Cl2N5O. The molecule has 2 aromatic heterocycles. The van der Waals surface area contributed by atoms with Crippen LogP contribution in [0.25, 0.3) is 11.2 Å². The second-order valence-corrected chi connectivity index (χ2v) is 3.70. The molecule has 8 heteroatoms.